The Morgan fingerprint density at radius 2 is 1.69 bits per heavy atom. The maximum Gasteiger partial charge on any atom is 0.243 e. The number of halogens is 1. The molecule has 1 unspecified atom stereocenters. The minimum Gasteiger partial charge on any atom is -0.349 e. The monoisotopic (exact) mass is 478 g/mol. The number of hydrogen-bond acceptors (Lipinski definition) is 3. The van der Waals surface area contributed by atoms with Gasteiger partial charge in [0.05, 0.1) is 10.9 Å². The summed E-state index contributed by atoms with van der Waals surface area (Å²) in [7, 11) is -3.51. The number of aryl methyl sites for hydroxylation is 1. The molecule has 0 bridgehead atoms. The number of carbonyl (C=O) groups is 1. The lowest BCUT2D eigenvalue weighted by Gasteiger charge is -2.31. The van der Waals surface area contributed by atoms with Crippen molar-refractivity contribution in [3.63, 3.8) is 0 Å². The molecule has 5 nitrogen and oxygen atoms in total. The van der Waals surface area contributed by atoms with Gasteiger partial charge in [-0.1, -0.05) is 52.7 Å². The number of sulfonamides is 1. The maximum atomic E-state index is 12.8. The van der Waals surface area contributed by atoms with Gasteiger partial charge in [-0.3, -0.25) is 4.79 Å². The van der Waals surface area contributed by atoms with Crippen LogP contribution >= 0.6 is 15.9 Å². The molecule has 7 heteroatoms. The second kappa shape index (κ2) is 9.41. The predicted molar refractivity (Wildman–Crippen MR) is 118 cm³/mol. The Labute approximate surface area is 181 Å². The summed E-state index contributed by atoms with van der Waals surface area (Å²) in [6.07, 6.45) is 1.87. The van der Waals surface area contributed by atoms with Crippen molar-refractivity contribution in [3.8, 4) is 0 Å². The normalized spacial score (nSPS) is 17.1. The van der Waals surface area contributed by atoms with Crippen molar-refractivity contribution >= 4 is 31.9 Å². The Balaban J connectivity index is 1.60. The predicted octanol–water partition coefficient (Wildman–Crippen LogP) is 4.43. The van der Waals surface area contributed by atoms with Gasteiger partial charge >= 0.3 is 0 Å². The number of nitrogens with zero attached hydrogens (tertiary/aromatic N) is 1. The van der Waals surface area contributed by atoms with Crippen molar-refractivity contribution in [2.45, 2.75) is 44.0 Å². The first-order valence-electron chi connectivity index (χ1n) is 9.94. The van der Waals surface area contributed by atoms with Gasteiger partial charge in [-0.05, 0) is 56.0 Å². The fourth-order valence-corrected chi connectivity index (χ4v) is 5.36. The molecule has 29 heavy (non-hydrogen) atoms. The highest BCUT2D eigenvalue weighted by molar-refractivity contribution is 9.10. The van der Waals surface area contributed by atoms with Crippen molar-refractivity contribution in [1.82, 2.24) is 9.62 Å². The molecule has 1 N–H and O–H groups in total. The fourth-order valence-electron chi connectivity index (χ4n) is 3.62. The molecule has 0 spiro atoms. The van der Waals surface area contributed by atoms with E-state index in [0.29, 0.717) is 30.8 Å². The number of benzene rings is 2. The molecule has 1 atom stereocenters. The Morgan fingerprint density at radius 3 is 2.24 bits per heavy atom. The first-order valence-corrected chi connectivity index (χ1v) is 12.2. The lowest BCUT2D eigenvalue weighted by atomic mass is 9.96. The third kappa shape index (κ3) is 5.27. The van der Waals surface area contributed by atoms with Gasteiger partial charge in [-0.15, -0.1) is 0 Å². The molecule has 1 aliphatic rings. The zero-order valence-electron chi connectivity index (χ0n) is 16.8. The van der Waals surface area contributed by atoms with Crippen LogP contribution in [0.4, 0.5) is 0 Å². The maximum absolute atomic E-state index is 12.8. The van der Waals surface area contributed by atoms with Gasteiger partial charge in [0.15, 0.2) is 0 Å². The van der Waals surface area contributed by atoms with Crippen LogP contribution in [0.15, 0.2) is 57.9 Å². The molecular formula is C22H27BrN2O3S. The van der Waals surface area contributed by atoms with Crippen molar-refractivity contribution in [3.05, 3.63) is 64.1 Å². The average Bonchev–Trinajstić information content (AvgIpc) is 2.73. The summed E-state index contributed by atoms with van der Waals surface area (Å²) in [5.41, 5.74) is 2.10. The smallest absolute Gasteiger partial charge is 0.243 e. The van der Waals surface area contributed by atoms with E-state index in [2.05, 4.69) is 21.2 Å². The molecule has 0 aliphatic carbocycles. The van der Waals surface area contributed by atoms with Crippen molar-refractivity contribution in [2.24, 2.45) is 5.92 Å². The van der Waals surface area contributed by atoms with Crippen molar-refractivity contribution in [2.75, 3.05) is 13.1 Å². The van der Waals surface area contributed by atoms with Crippen LogP contribution in [0.1, 0.15) is 43.4 Å². The molecule has 2 aromatic carbocycles. The van der Waals surface area contributed by atoms with E-state index >= 15 is 0 Å². The first-order chi connectivity index (χ1) is 13.8. The van der Waals surface area contributed by atoms with E-state index in [1.807, 2.05) is 38.1 Å². The summed E-state index contributed by atoms with van der Waals surface area (Å²) < 4.78 is 28.2. The second-order valence-electron chi connectivity index (χ2n) is 7.51. The van der Waals surface area contributed by atoms with Gasteiger partial charge in [0, 0.05) is 23.5 Å². The van der Waals surface area contributed by atoms with Gasteiger partial charge in [0.25, 0.3) is 0 Å². The Hall–Kier alpha value is -1.70. The summed E-state index contributed by atoms with van der Waals surface area (Å²) >= 11 is 3.43. The van der Waals surface area contributed by atoms with Crippen molar-refractivity contribution in [1.29, 1.82) is 0 Å². The molecule has 156 valence electrons. The SMILES string of the molecule is CCC(NC(=O)C1CCN(S(=O)(=O)c2ccc(C)cc2)CC1)c1ccc(Br)cc1. The Bertz CT molecular complexity index is 935. The van der Waals surface area contributed by atoms with Crippen LogP contribution in [0.5, 0.6) is 0 Å². The van der Waals surface area contributed by atoms with Gasteiger partial charge in [-0.25, -0.2) is 8.42 Å². The molecule has 1 fully saturated rings. The van der Waals surface area contributed by atoms with Crippen LogP contribution in [-0.4, -0.2) is 31.7 Å². The molecular weight excluding hydrogens is 452 g/mol. The molecule has 1 aliphatic heterocycles. The number of carbonyl (C=O) groups excluding carboxylic acids is 1. The van der Waals surface area contributed by atoms with Crippen molar-refractivity contribution < 1.29 is 13.2 Å². The molecule has 1 amide bonds. The Morgan fingerprint density at radius 1 is 1.10 bits per heavy atom. The quantitative estimate of drug-likeness (QED) is 0.667. The molecule has 2 aromatic rings. The van der Waals surface area contributed by atoms with E-state index in [9.17, 15) is 13.2 Å². The lowest BCUT2D eigenvalue weighted by molar-refractivity contribution is -0.126. The van der Waals surface area contributed by atoms with Crippen LogP contribution in [-0.2, 0) is 14.8 Å². The van der Waals surface area contributed by atoms with Gasteiger partial charge in [0.2, 0.25) is 15.9 Å². The van der Waals surface area contributed by atoms with E-state index in [-0.39, 0.29) is 17.9 Å². The van der Waals surface area contributed by atoms with Crippen LogP contribution in [0.2, 0.25) is 0 Å². The summed E-state index contributed by atoms with van der Waals surface area (Å²) in [5, 5.41) is 3.14. The van der Waals surface area contributed by atoms with Crippen LogP contribution in [0, 0.1) is 12.8 Å². The first kappa shape index (κ1) is 22.0. The van der Waals surface area contributed by atoms with Crippen LogP contribution < -0.4 is 5.32 Å². The average molecular weight is 479 g/mol. The minimum absolute atomic E-state index is 0.00662. The molecule has 3 rings (SSSR count). The molecule has 1 heterocycles. The third-order valence-electron chi connectivity index (χ3n) is 5.48. The molecule has 0 saturated carbocycles. The number of amides is 1. The van der Waals surface area contributed by atoms with E-state index < -0.39 is 10.0 Å². The standard InChI is InChI=1S/C22H27BrN2O3S/c1-3-21(17-6-8-19(23)9-7-17)24-22(26)18-12-14-25(15-13-18)29(27,28)20-10-4-16(2)5-11-20/h4-11,18,21H,3,12-15H2,1-2H3,(H,24,26). The van der Waals surface area contributed by atoms with E-state index in [0.717, 1.165) is 22.0 Å². The minimum atomic E-state index is -3.51. The summed E-state index contributed by atoms with van der Waals surface area (Å²) in [4.78, 5) is 13.1. The topological polar surface area (TPSA) is 66.5 Å². The molecule has 1 saturated heterocycles. The van der Waals surface area contributed by atoms with E-state index in [4.69, 9.17) is 0 Å². The summed E-state index contributed by atoms with van der Waals surface area (Å²) in [6, 6.07) is 14.8. The van der Waals surface area contributed by atoms with E-state index in [1.165, 1.54) is 4.31 Å². The number of nitrogens with one attached hydrogen (secondary N) is 1. The second-order valence-corrected chi connectivity index (χ2v) is 10.4. The third-order valence-corrected chi connectivity index (χ3v) is 7.92. The summed E-state index contributed by atoms with van der Waals surface area (Å²) in [6.45, 7) is 4.70. The summed E-state index contributed by atoms with van der Waals surface area (Å²) in [5.74, 6) is -0.156. The van der Waals surface area contributed by atoms with Gasteiger partial charge in [0.1, 0.15) is 0 Å². The zero-order valence-corrected chi connectivity index (χ0v) is 19.2. The number of hydrogen-bond donors (Lipinski definition) is 1. The largest absolute Gasteiger partial charge is 0.349 e. The van der Waals surface area contributed by atoms with Gasteiger partial charge in [-0.2, -0.15) is 4.31 Å². The fraction of sp³-hybridized carbons (Fsp3) is 0.409. The number of piperidine rings is 1. The van der Waals surface area contributed by atoms with Crippen LogP contribution in [0.25, 0.3) is 0 Å². The zero-order chi connectivity index (χ0) is 21.0. The highest BCUT2D eigenvalue weighted by Crippen LogP contribution is 2.26. The van der Waals surface area contributed by atoms with Crippen LogP contribution in [0.3, 0.4) is 0 Å². The Kier molecular flexibility index (Phi) is 7.14. The van der Waals surface area contributed by atoms with E-state index in [1.54, 1.807) is 24.3 Å². The number of rotatable bonds is 6. The van der Waals surface area contributed by atoms with Gasteiger partial charge < -0.3 is 5.32 Å². The highest BCUT2D eigenvalue weighted by atomic mass is 79.9. The molecule has 0 radical (unpaired) electrons. The lowest BCUT2D eigenvalue weighted by Crippen LogP contribution is -2.43. The molecule has 0 aromatic heterocycles. The highest BCUT2D eigenvalue weighted by Gasteiger charge is 2.32.